The van der Waals surface area contributed by atoms with E-state index in [1.165, 1.54) is 25.7 Å². The molecule has 3 aliphatic carbocycles. The summed E-state index contributed by atoms with van der Waals surface area (Å²) in [5, 5.41) is 3.33. The third-order valence-corrected chi connectivity index (χ3v) is 6.41. The zero-order valence-electron chi connectivity index (χ0n) is 13.0. The van der Waals surface area contributed by atoms with Crippen molar-refractivity contribution < 1.29 is 4.79 Å². The number of rotatable bonds is 3. The van der Waals surface area contributed by atoms with Crippen LogP contribution in [0.4, 0.5) is 0 Å². The SMILES string of the molecule is CC1CC(C(=O)NC(C)C2CC3CCC2C3)CCC1N. The third-order valence-electron chi connectivity index (χ3n) is 6.41. The fourth-order valence-electron chi connectivity index (χ4n) is 5.01. The maximum absolute atomic E-state index is 12.5. The number of amides is 1. The maximum Gasteiger partial charge on any atom is 0.223 e. The Bertz CT molecular complexity index is 370. The lowest BCUT2D eigenvalue weighted by atomic mass is 9.78. The summed E-state index contributed by atoms with van der Waals surface area (Å²) in [6, 6.07) is 0.658. The minimum absolute atomic E-state index is 0.200. The van der Waals surface area contributed by atoms with Gasteiger partial charge in [-0.25, -0.2) is 0 Å². The Balaban J connectivity index is 1.51. The Morgan fingerprint density at radius 1 is 1.15 bits per heavy atom. The number of fused-ring (bicyclic) bond motifs is 2. The minimum Gasteiger partial charge on any atom is -0.353 e. The van der Waals surface area contributed by atoms with E-state index in [4.69, 9.17) is 5.73 Å². The zero-order valence-corrected chi connectivity index (χ0v) is 13.0. The van der Waals surface area contributed by atoms with E-state index in [0.717, 1.165) is 37.0 Å². The molecule has 3 fully saturated rings. The van der Waals surface area contributed by atoms with Gasteiger partial charge in [-0.3, -0.25) is 4.79 Å². The van der Waals surface area contributed by atoms with Crippen molar-refractivity contribution in [1.29, 1.82) is 0 Å². The first kappa shape index (κ1) is 14.4. The first-order valence-corrected chi connectivity index (χ1v) is 8.60. The standard InChI is InChI=1S/C17H30N2O/c1-10-7-14(5-6-16(10)18)17(20)19-11(2)15-9-12-3-4-13(15)8-12/h10-16H,3-9,18H2,1-2H3,(H,19,20). The molecule has 0 aliphatic heterocycles. The molecule has 3 aliphatic rings. The maximum atomic E-state index is 12.5. The van der Waals surface area contributed by atoms with Crippen LogP contribution >= 0.6 is 0 Å². The molecule has 0 heterocycles. The van der Waals surface area contributed by atoms with E-state index in [1.807, 2.05) is 0 Å². The molecule has 3 rings (SSSR count). The highest BCUT2D eigenvalue weighted by atomic mass is 16.1. The number of nitrogens with one attached hydrogen (secondary N) is 1. The molecule has 20 heavy (non-hydrogen) atoms. The van der Waals surface area contributed by atoms with Crippen LogP contribution in [0.2, 0.25) is 0 Å². The fraction of sp³-hybridized carbons (Fsp3) is 0.941. The first-order chi connectivity index (χ1) is 9.54. The Hall–Kier alpha value is -0.570. The summed E-state index contributed by atoms with van der Waals surface area (Å²) < 4.78 is 0. The quantitative estimate of drug-likeness (QED) is 0.834. The molecule has 3 nitrogen and oxygen atoms in total. The van der Waals surface area contributed by atoms with Crippen LogP contribution in [0.25, 0.3) is 0 Å². The number of hydrogen-bond donors (Lipinski definition) is 2. The Labute approximate surface area is 123 Å². The van der Waals surface area contributed by atoms with Gasteiger partial charge < -0.3 is 11.1 Å². The van der Waals surface area contributed by atoms with Crippen molar-refractivity contribution in [1.82, 2.24) is 5.32 Å². The molecule has 0 spiro atoms. The lowest BCUT2D eigenvalue weighted by Crippen LogP contribution is -2.45. The van der Waals surface area contributed by atoms with E-state index in [9.17, 15) is 4.79 Å². The van der Waals surface area contributed by atoms with Crippen molar-refractivity contribution >= 4 is 5.91 Å². The highest BCUT2D eigenvalue weighted by molar-refractivity contribution is 5.79. The molecule has 7 atom stereocenters. The van der Waals surface area contributed by atoms with Crippen molar-refractivity contribution in [2.75, 3.05) is 0 Å². The highest BCUT2D eigenvalue weighted by Crippen LogP contribution is 2.49. The Kier molecular flexibility index (Phi) is 4.07. The smallest absolute Gasteiger partial charge is 0.223 e. The topological polar surface area (TPSA) is 55.1 Å². The highest BCUT2D eigenvalue weighted by Gasteiger charge is 2.42. The molecule has 3 heteroatoms. The van der Waals surface area contributed by atoms with E-state index in [1.54, 1.807) is 0 Å². The summed E-state index contributed by atoms with van der Waals surface area (Å²) in [5.41, 5.74) is 6.05. The number of carbonyl (C=O) groups excluding carboxylic acids is 1. The molecule has 2 bridgehead atoms. The summed E-state index contributed by atoms with van der Waals surface area (Å²) in [5.74, 6) is 3.55. The molecule has 114 valence electrons. The van der Waals surface area contributed by atoms with Gasteiger partial charge in [-0.05, 0) is 69.1 Å². The first-order valence-electron chi connectivity index (χ1n) is 8.60. The van der Waals surface area contributed by atoms with Crippen LogP contribution in [-0.2, 0) is 4.79 Å². The molecule has 1 amide bonds. The van der Waals surface area contributed by atoms with Crippen molar-refractivity contribution in [2.24, 2.45) is 35.3 Å². The average molecular weight is 278 g/mol. The van der Waals surface area contributed by atoms with E-state index in [2.05, 4.69) is 19.2 Å². The fourth-order valence-corrected chi connectivity index (χ4v) is 5.01. The van der Waals surface area contributed by atoms with Gasteiger partial charge in [-0.1, -0.05) is 13.3 Å². The zero-order chi connectivity index (χ0) is 14.3. The van der Waals surface area contributed by atoms with Gasteiger partial charge in [0, 0.05) is 18.0 Å². The Morgan fingerprint density at radius 3 is 2.55 bits per heavy atom. The van der Waals surface area contributed by atoms with Gasteiger partial charge in [0.15, 0.2) is 0 Å². The van der Waals surface area contributed by atoms with Crippen molar-refractivity contribution in [3.05, 3.63) is 0 Å². The van der Waals surface area contributed by atoms with E-state index in [0.29, 0.717) is 23.9 Å². The van der Waals surface area contributed by atoms with Crippen molar-refractivity contribution in [2.45, 2.75) is 70.9 Å². The van der Waals surface area contributed by atoms with E-state index in [-0.39, 0.29) is 5.92 Å². The van der Waals surface area contributed by atoms with Gasteiger partial charge in [0.1, 0.15) is 0 Å². The lowest BCUT2D eigenvalue weighted by Gasteiger charge is -2.34. The van der Waals surface area contributed by atoms with Crippen LogP contribution < -0.4 is 11.1 Å². The van der Waals surface area contributed by atoms with Gasteiger partial charge in [0.2, 0.25) is 5.91 Å². The second kappa shape index (κ2) is 5.67. The summed E-state index contributed by atoms with van der Waals surface area (Å²) in [6.07, 6.45) is 8.53. The van der Waals surface area contributed by atoms with Crippen molar-refractivity contribution in [3.8, 4) is 0 Å². The molecule has 0 aromatic rings. The minimum atomic E-state index is 0.200. The predicted molar refractivity (Wildman–Crippen MR) is 81.0 cm³/mol. The van der Waals surface area contributed by atoms with Crippen LogP contribution in [0.1, 0.15) is 58.8 Å². The van der Waals surface area contributed by atoms with Crippen LogP contribution in [-0.4, -0.2) is 18.0 Å². The van der Waals surface area contributed by atoms with Gasteiger partial charge >= 0.3 is 0 Å². The molecule has 0 radical (unpaired) electrons. The van der Waals surface area contributed by atoms with E-state index >= 15 is 0 Å². The largest absolute Gasteiger partial charge is 0.353 e. The van der Waals surface area contributed by atoms with E-state index < -0.39 is 0 Å². The molecule has 3 N–H and O–H groups in total. The van der Waals surface area contributed by atoms with Crippen LogP contribution in [0.15, 0.2) is 0 Å². The third kappa shape index (κ3) is 2.74. The summed E-state index contributed by atoms with van der Waals surface area (Å²) >= 11 is 0. The second-order valence-electron chi connectivity index (χ2n) is 7.79. The number of nitrogens with two attached hydrogens (primary N) is 1. The number of hydrogen-bond acceptors (Lipinski definition) is 2. The van der Waals surface area contributed by atoms with Crippen LogP contribution in [0.5, 0.6) is 0 Å². The molecule has 7 unspecified atom stereocenters. The molecule has 0 aromatic carbocycles. The van der Waals surface area contributed by atoms with Crippen LogP contribution in [0, 0.1) is 29.6 Å². The molecular formula is C17H30N2O. The average Bonchev–Trinajstić information content (AvgIpc) is 3.04. The Morgan fingerprint density at radius 2 is 1.95 bits per heavy atom. The monoisotopic (exact) mass is 278 g/mol. The van der Waals surface area contributed by atoms with Gasteiger partial charge in [0.25, 0.3) is 0 Å². The lowest BCUT2D eigenvalue weighted by molar-refractivity contribution is -0.127. The van der Waals surface area contributed by atoms with Crippen molar-refractivity contribution in [3.63, 3.8) is 0 Å². The van der Waals surface area contributed by atoms with Gasteiger partial charge in [-0.2, -0.15) is 0 Å². The van der Waals surface area contributed by atoms with Crippen LogP contribution in [0.3, 0.4) is 0 Å². The summed E-state index contributed by atoms with van der Waals surface area (Å²) in [4.78, 5) is 12.5. The molecule has 0 saturated heterocycles. The molecule has 0 aromatic heterocycles. The van der Waals surface area contributed by atoms with Gasteiger partial charge in [-0.15, -0.1) is 0 Å². The molecule has 3 saturated carbocycles. The van der Waals surface area contributed by atoms with Gasteiger partial charge in [0.05, 0.1) is 0 Å². The normalized spacial score (nSPS) is 45.4. The number of carbonyl (C=O) groups is 1. The summed E-state index contributed by atoms with van der Waals surface area (Å²) in [7, 11) is 0. The second-order valence-corrected chi connectivity index (χ2v) is 7.79. The molecular weight excluding hydrogens is 248 g/mol. The predicted octanol–water partition coefficient (Wildman–Crippen LogP) is 2.69. The summed E-state index contributed by atoms with van der Waals surface area (Å²) in [6.45, 7) is 4.41.